The number of rotatable bonds is 8. The summed E-state index contributed by atoms with van der Waals surface area (Å²) in [4.78, 5) is 16.3. The highest BCUT2D eigenvalue weighted by molar-refractivity contribution is 5.84. The number of hydrogen-bond donors (Lipinski definition) is 1. The lowest BCUT2D eigenvalue weighted by Crippen LogP contribution is -2.22. The number of benzene rings is 2. The van der Waals surface area contributed by atoms with Crippen LogP contribution in [0.25, 0.3) is 11.0 Å². The van der Waals surface area contributed by atoms with Crippen molar-refractivity contribution in [1.29, 1.82) is 0 Å². The van der Waals surface area contributed by atoms with E-state index in [0.29, 0.717) is 5.56 Å². The first-order valence-electron chi connectivity index (χ1n) is 8.50. The topological polar surface area (TPSA) is 77.7 Å². The molecule has 0 radical (unpaired) electrons. The van der Waals surface area contributed by atoms with Gasteiger partial charge in [0, 0.05) is 0 Å². The molecule has 0 aliphatic heterocycles. The number of imidazole rings is 1. The lowest BCUT2D eigenvalue weighted by atomic mass is 10.2. The third kappa shape index (κ3) is 4.81. The zero-order valence-electron chi connectivity index (χ0n) is 15.0. The van der Waals surface area contributed by atoms with Crippen molar-refractivity contribution in [3.63, 3.8) is 0 Å². The first-order chi connectivity index (χ1) is 13.6. The second-order valence-electron chi connectivity index (χ2n) is 5.67. The van der Waals surface area contributed by atoms with E-state index in [9.17, 15) is 13.6 Å². The number of hydrogen-bond acceptors (Lipinski definition) is 5. The van der Waals surface area contributed by atoms with Gasteiger partial charge in [-0.1, -0.05) is 12.1 Å². The number of hydrazone groups is 1. The van der Waals surface area contributed by atoms with Gasteiger partial charge >= 0.3 is 6.61 Å². The third-order valence-electron chi connectivity index (χ3n) is 3.73. The average Bonchev–Trinajstić information content (AvgIpc) is 3.06. The maximum atomic E-state index is 12.4. The van der Waals surface area contributed by atoms with Crippen molar-refractivity contribution < 1.29 is 23.0 Å². The zero-order chi connectivity index (χ0) is 19.9. The molecule has 0 atom stereocenters. The van der Waals surface area contributed by atoms with E-state index in [0.717, 1.165) is 11.0 Å². The van der Waals surface area contributed by atoms with Crippen molar-refractivity contribution in [3.05, 3.63) is 54.4 Å². The van der Waals surface area contributed by atoms with E-state index >= 15 is 0 Å². The molecular weight excluding hydrogens is 370 g/mol. The predicted octanol–water partition coefficient (Wildman–Crippen LogP) is 3.19. The smallest absolute Gasteiger partial charge is 0.387 e. The Morgan fingerprint density at radius 1 is 1.29 bits per heavy atom. The predicted molar refractivity (Wildman–Crippen MR) is 99.7 cm³/mol. The Labute approximate surface area is 159 Å². The molecule has 28 heavy (non-hydrogen) atoms. The summed E-state index contributed by atoms with van der Waals surface area (Å²) in [6, 6.07) is 11.9. The monoisotopic (exact) mass is 388 g/mol. The number of alkyl halides is 2. The molecule has 1 heterocycles. The number of amides is 1. The number of carbonyl (C=O) groups is 1. The molecule has 0 unspecified atom stereocenters. The second-order valence-corrected chi connectivity index (χ2v) is 5.67. The number of nitrogens with one attached hydrogen (secondary N) is 1. The number of nitrogens with zero attached hydrogens (tertiary/aromatic N) is 3. The number of carbonyl (C=O) groups excluding carboxylic acids is 1. The van der Waals surface area contributed by atoms with Crippen molar-refractivity contribution >= 4 is 23.2 Å². The van der Waals surface area contributed by atoms with Crippen LogP contribution < -0.4 is 14.9 Å². The summed E-state index contributed by atoms with van der Waals surface area (Å²) in [7, 11) is 0. The van der Waals surface area contributed by atoms with Gasteiger partial charge in [0.1, 0.15) is 6.54 Å². The van der Waals surface area contributed by atoms with Crippen LogP contribution in [0.3, 0.4) is 0 Å². The van der Waals surface area contributed by atoms with E-state index in [-0.39, 0.29) is 30.6 Å². The summed E-state index contributed by atoms with van der Waals surface area (Å²) in [5.74, 6) is -0.227. The normalized spacial score (nSPS) is 11.3. The van der Waals surface area contributed by atoms with E-state index in [1.54, 1.807) is 17.8 Å². The third-order valence-corrected chi connectivity index (χ3v) is 3.73. The molecule has 0 aliphatic rings. The van der Waals surface area contributed by atoms with Crippen molar-refractivity contribution in [3.8, 4) is 11.5 Å². The molecule has 1 aromatic heterocycles. The molecule has 3 aromatic rings. The summed E-state index contributed by atoms with van der Waals surface area (Å²) in [5, 5.41) is 3.89. The van der Waals surface area contributed by atoms with E-state index in [4.69, 9.17) is 4.74 Å². The average molecular weight is 388 g/mol. The number of ether oxygens (including phenoxy) is 2. The molecule has 0 saturated heterocycles. The van der Waals surface area contributed by atoms with Crippen LogP contribution in [0, 0.1) is 0 Å². The lowest BCUT2D eigenvalue weighted by molar-refractivity contribution is -0.121. The van der Waals surface area contributed by atoms with Crippen LogP contribution in [0.4, 0.5) is 8.78 Å². The summed E-state index contributed by atoms with van der Waals surface area (Å²) in [5.41, 5.74) is 4.62. The van der Waals surface area contributed by atoms with Gasteiger partial charge in [-0.3, -0.25) is 4.79 Å². The van der Waals surface area contributed by atoms with Crippen LogP contribution in [-0.2, 0) is 11.3 Å². The maximum Gasteiger partial charge on any atom is 0.387 e. The van der Waals surface area contributed by atoms with Crippen molar-refractivity contribution in [1.82, 2.24) is 15.0 Å². The molecule has 0 aliphatic carbocycles. The quantitative estimate of drug-likeness (QED) is 0.475. The highest BCUT2D eigenvalue weighted by Gasteiger charge is 2.11. The van der Waals surface area contributed by atoms with Gasteiger partial charge in [0.2, 0.25) is 0 Å². The molecule has 2 aromatic carbocycles. The van der Waals surface area contributed by atoms with Gasteiger partial charge in [0.25, 0.3) is 5.91 Å². The minimum absolute atomic E-state index is 0.0587. The van der Waals surface area contributed by atoms with Crippen LogP contribution >= 0.6 is 0 Å². The lowest BCUT2D eigenvalue weighted by Gasteiger charge is -2.11. The fourth-order valence-corrected chi connectivity index (χ4v) is 2.57. The fraction of sp³-hybridized carbons (Fsp3) is 0.211. The van der Waals surface area contributed by atoms with E-state index in [2.05, 4.69) is 20.2 Å². The first kappa shape index (κ1) is 19.3. The molecule has 0 saturated carbocycles. The van der Waals surface area contributed by atoms with Crippen LogP contribution in [-0.4, -0.2) is 34.9 Å². The van der Waals surface area contributed by atoms with Gasteiger partial charge < -0.3 is 14.0 Å². The van der Waals surface area contributed by atoms with Crippen LogP contribution in [0.5, 0.6) is 11.5 Å². The van der Waals surface area contributed by atoms with Crippen LogP contribution in [0.2, 0.25) is 0 Å². The zero-order valence-corrected chi connectivity index (χ0v) is 15.0. The largest absolute Gasteiger partial charge is 0.490 e. The van der Waals surface area contributed by atoms with Gasteiger partial charge in [-0.15, -0.1) is 0 Å². The standard InChI is InChI=1S/C19H18F2N4O3/c1-2-27-17-9-13(7-8-16(17)28-19(20)21)10-23-24-18(26)11-25-12-22-14-5-3-4-6-15(14)25/h3-10,12,19H,2,11H2,1H3,(H,24,26)/b23-10-. The summed E-state index contributed by atoms with van der Waals surface area (Å²) >= 11 is 0. The molecular formula is C19H18F2N4O3. The van der Waals surface area contributed by atoms with Crippen molar-refractivity contribution in [2.75, 3.05) is 6.61 Å². The molecule has 1 amide bonds. The SMILES string of the molecule is CCOc1cc(/C=N\NC(=O)Cn2cnc3ccccc32)ccc1OC(F)F. The number of halogens is 2. The van der Waals surface area contributed by atoms with E-state index in [1.165, 1.54) is 24.4 Å². The van der Waals surface area contributed by atoms with E-state index in [1.807, 2.05) is 24.3 Å². The van der Waals surface area contributed by atoms with E-state index < -0.39 is 6.61 Å². The number of para-hydroxylation sites is 2. The fourth-order valence-electron chi connectivity index (χ4n) is 2.57. The highest BCUT2D eigenvalue weighted by Crippen LogP contribution is 2.29. The Bertz CT molecular complexity index is 988. The number of fused-ring (bicyclic) bond motifs is 1. The second kappa shape index (κ2) is 8.94. The van der Waals surface area contributed by atoms with Crippen molar-refractivity contribution in [2.24, 2.45) is 5.10 Å². The summed E-state index contributed by atoms with van der Waals surface area (Å²) < 4.78 is 36.3. The molecule has 0 bridgehead atoms. The Morgan fingerprint density at radius 3 is 2.89 bits per heavy atom. The Hall–Kier alpha value is -3.49. The molecule has 9 heteroatoms. The van der Waals surface area contributed by atoms with Gasteiger partial charge in [-0.05, 0) is 42.8 Å². The minimum Gasteiger partial charge on any atom is -0.490 e. The van der Waals surface area contributed by atoms with Gasteiger partial charge in [-0.25, -0.2) is 10.4 Å². The molecule has 0 fully saturated rings. The van der Waals surface area contributed by atoms with Crippen LogP contribution in [0.15, 0.2) is 53.9 Å². The van der Waals surface area contributed by atoms with Crippen molar-refractivity contribution in [2.45, 2.75) is 20.1 Å². The van der Waals surface area contributed by atoms with Crippen LogP contribution in [0.1, 0.15) is 12.5 Å². The Kier molecular flexibility index (Phi) is 6.15. The van der Waals surface area contributed by atoms with Gasteiger partial charge in [0.15, 0.2) is 11.5 Å². The minimum atomic E-state index is -2.95. The maximum absolute atomic E-state index is 12.4. The Balaban J connectivity index is 1.63. The summed E-state index contributed by atoms with van der Waals surface area (Å²) in [6.07, 6.45) is 2.97. The van der Waals surface area contributed by atoms with Gasteiger partial charge in [0.05, 0.1) is 30.2 Å². The Morgan fingerprint density at radius 2 is 2.11 bits per heavy atom. The molecule has 7 nitrogen and oxygen atoms in total. The molecule has 146 valence electrons. The molecule has 3 rings (SSSR count). The first-order valence-corrected chi connectivity index (χ1v) is 8.50. The summed E-state index contributed by atoms with van der Waals surface area (Å²) in [6.45, 7) is -0.872. The molecule has 0 spiro atoms. The number of aromatic nitrogens is 2. The highest BCUT2D eigenvalue weighted by atomic mass is 19.3. The van der Waals surface area contributed by atoms with Gasteiger partial charge in [-0.2, -0.15) is 13.9 Å². The molecule has 1 N–H and O–H groups in total.